The first-order valence-corrected chi connectivity index (χ1v) is 6.10. The first kappa shape index (κ1) is 13.7. The Balaban J connectivity index is 2.31. The van der Waals surface area contributed by atoms with Crippen molar-refractivity contribution >= 4 is 17.4 Å². The van der Waals surface area contributed by atoms with Gasteiger partial charge in [-0.05, 0) is 24.1 Å². The van der Waals surface area contributed by atoms with Gasteiger partial charge in [0.1, 0.15) is 11.6 Å². The predicted octanol–water partition coefficient (Wildman–Crippen LogP) is 2.20. The maximum Gasteiger partial charge on any atom is 0.146 e. The van der Waals surface area contributed by atoms with Crippen molar-refractivity contribution in [1.82, 2.24) is 10.4 Å². The van der Waals surface area contributed by atoms with E-state index >= 15 is 0 Å². The third-order valence-corrected chi connectivity index (χ3v) is 3.20. The van der Waals surface area contributed by atoms with Gasteiger partial charge in [-0.3, -0.25) is 11.3 Å². The lowest BCUT2D eigenvalue weighted by Crippen LogP contribution is -2.30. The lowest BCUT2D eigenvalue weighted by atomic mass is 9.99. The van der Waals surface area contributed by atoms with Crippen LogP contribution in [-0.2, 0) is 6.42 Å². The highest BCUT2D eigenvalue weighted by Crippen LogP contribution is 2.26. The van der Waals surface area contributed by atoms with Crippen LogP contribution in [0.1, 0.15) is 17.2 Å². The molecule has 0 spiro atoms. The largest absolute Gasteiger partial charge is 0.383 e. The fraction of sp³-hybridized carbons (Fsp3) is 0.154. The zero-order valence-corrected chi connectivity index (χ0v) is 10.9. The quantitative estimate of drug-likeness (QED) is 0.593. The summed E-state index contributed by atoms with van der Waals surface area (Å²) in [6.45, 7) is 0. The molecule has 0 fully saturated rings. The van der Waals surface area contributed by atoms with Crippen LogP contribution in [0, 0.1) is 5.82 Å². The smallest absolute Gasteiger partial charge is 0.146 e. The Labute approximate surface area is 115 Å². The molecule has 19 heavy (non-hydrogen) atoms. The lowest BCUT2D eigenvalue weighted by molar-refractivity contribution is 0.511. The summed E-state index contributed by atoms with van der Waals surface area (Å²) in [6.07, 6.45) is 2.02. The Hall–Kier alpha value is -1.69. The minimum Gasteiger partial charge on any atom is -0.383 e. The second-order valence-corrected chi connectivity index (χ2v) is 4.52. The number of halogens is 2. The topological polar surface area (TPSA) is 77.0 Å². The third-order valence-electron chi connectivity index (χ3n) is 2.91. The average Bonchev–Trinajstić information content (AvgIpc) is 2.41. The van der Waals surface area contributed by atoms with Crippen molar-refractivity contribution < 1.29 is 4.39 Å². The molecule has 1 aromatic heterocycles. The number of nitrogens with zero attached hydrogens (tertiary/aromatic N) is 1. The number of nitrogens with one attached hydrogen (secondary N) is 1. The molecule has 4 nitrogen and oxygen atoms in total. The zero-order chi connectivity index (χ0) is 13.8. The molecule has 0 aliphatic heterocycles. The van der Waals surface area contributed by atoms with Crippen molar-refractivity contribution in [2.75, 3.05) is 5.73 Å². The van der Waals surface area contributed by atoms with E-state index in [-0.39, 0.29) is 5.02 Å². The fourth-order valence-electron chi connectivity index (χ4n) is 1.89. The van der Waals surface area contributed by atoms with Gasteiger partial charge >= 0.3 is 0 Å². The molecular weight excluding hydrogens is 267 g/mol. The molecule has 0 aliphatic rings. The van der Waals surface area contributed by atoms with Gasteiger partial charge in [0.15, 0.2) is 0 Å². The fourth-order valence-corrected chi connectivity index (χ4v) is 2.07. The van der Waals surface area contributed by atoms with Crippen LogP contribution in [0.15, 0.2) is 36.5 Å². The number of hydrazine groups is 1. The molecule has 0 saturated carbocycles. The average molecular weight is 281 g/mol. The molecule has 5 N–H and O–H groups in total. The minimum atomic E-state index is -0.477. The summed E-state index contributed by atoms with van der Waals surface area (Å²) in [4.78, 5) is 3.99. The van der Waals surface area contributed by atoms with Crippen LogP contribution in [0.2, 0.25) is 5.02 Å². The standard InChI is InChI=1S/C13H14ClFN4/c14-10-5-1-4-9(12(10)15)11(19-17)7-8-3-2-6-18-13(8)16/h1-6,11,19H,7,17H2,(H2,16,18). The van der Waals surface area contributed by atoms with Crippen molar-refractivity contribution in [3.63, 3.8) is 0 Å². The van der Waals surface area contributed by atoms with E-state index in [9.17, 15) is 4.39 Å². The number of benzene rings is 1. The maximum atomic E-state index is 14.0. The summed E-state index contributed by atoms with van der Waals surface area (Å²) in [5.74, 6) is 5.43. The number of aromatic nitrogens is 1. The van der Waals surface area contributed by atoms with E-state index in [1.54, 1.807) is 24.4 Å². The number of nitrogen functional groups attached to an aromatic ring is 1. The number of nitrogens with two attached hydrogens (primary N) is 2. The van der Waals surface area contributed by atoms with Crippen LogP contribution >= 0.6 is 11.6 Å². The van der Waals surface area contributed by atoms with Crippen molar-refractivity contribution in [3.8, 4) is 0 Å². The normalized spacial score (nSPS) is 12.4. The second kappa shape index (κ2) is 5.97. The number of pyridine rings is 1. The maximum absolute atomic E-state index is 14.0. The number of anilines is 1. The predicted molar refractivity (Wildman–Crippen MR) is 73.8 cm³/mol. The highest BCUT2D eigenvalue weighted by atomic mass is 35.5. The first-order chi connectivity index (χ1) is 9.13. The Morgan fingerprint density at radius 3 is 2.79 bits per heavy atom. The van der Waals surface area contributed by atoms with Crippen molar-refractivity contribution in [1.29, 1.82) is 0 Å². The van der Waals surface area contributed by atoms with Crippen molar-refractivity contribution in [2.45, 2.75) is 12.5 Å². The third kappa shape index (κ3) is 3.01. The number of hydrogen-bond acceptors (Lipinski definition) is 4. The summed E-state index contributed by atoms with van der Waals surface area (Å²) in [5, 5.41) is 0.0666. The monoisotopic (exact) mass is 280 g/mol. The highest BCUT2D eigenvalue weighted by Gasteiger charge is 2.17. The van der Waals surface area contributed by atoms with Gasteiger partial charge < -0.3 is 5.73 Å². The van der Waals surface area contributed by atoms with E-state index in [1.807, 2.05) is 6.07 Å². The molecule has 0 amide bonds. The molecule has 1 heterocycles. The Kier molecular flexibility index (Phi) is 4.31. The van der Waals surface area contributed by atoms with Crippen LogP contribution in [-0.4, -0.2) is 4.98 Å². The Bertz CT molecular complexity index is 576. The molecule has 2 aromatic rings. The van der Waals surface area contributed by atoms with E-state index in [1.165, 1.54) is 6.07 Å². The van der Waals surface area contributed by atoms with Gasteiger partial charge in [-0.2, -0.15) is 0 Å². The van der Waals surface area contributed by atoms with E-state index in [0.717, 1.165) is 5.56 Å². The van der Waals surface area contributed by atoms with Gasteiger partial charge in [0.2, 0.25) is 0 Å². The molecule has 0 aliphatic carbocycles. The van der Waals surface area contributed by atoms with Crippen LogP contribution in [0.4, 0.5) is 10.2 Å². The van der Waals surface area contributed by atoms with Crippen LogP contribution in [0.5, 0.6) is 0 Å². The van der Waals surface area contributed by atoms with Gasteiger partial charge in [0, 0.05) is 11.8 Å². The molecule has 6 heteroatoms. The molecule has 0 radical (unpaired) electrons. The molecule has 100 valence electrons. The highest BCUT2D eigenvalue weighted by molar-refractivity contribution is 6.30. The number of rotatable bonds is 4. The van der Waals surface area contributed by atoms with Crippen LogP contribution in [0.25, 0.3) is 0 Å². The summed E-state index contributed by atoms with van der Waals surface area (Å²) in [7, 11) is 0. The number of hydrogen-bond donors (Lipinski definition) is 3. The molecule has 1 unspecified atom stereocenters. The Morgan fingerprint density at radius 1 is 1.32 bits per heavy atom. The van der Waals surface area contributed by atoms with Crippen LogP contribution in [0.3, 0.4) is 0 Å². The SMILES string of the molecule is NNC(Cc1cccnc1N)c1cccc(Cl)c1F. The van der Waals surface area contributed by atoms with Gasteiger partial charge in [0.05, 0.1) is 11.1 Å². The van der Waals surface area contributed by atoms with Gasteiger partial charge in [-0.1, -0.05) is 29.8 Å². The van der Waals surface area contributed by atoms with Gasteiger partial charge in [-0.15, -0.1) is 0 Å². The van der Waals surface area contributed by atoms with E-state index < -0.39 is 11.9 Å². The van der Waals surface area contributed by atoms with Gasteiger partial charge in [0.25, 0.3) is 0 Å². The molecule has 1 atom stereocenters. The van der Waals surface area contributed by atoms with E-state index in [2.05, 4.69) is 10.4 Å². The summed E-state index contributed by atoms with van der Waals surface area (Å²) in [6, 6.07) is 7.98. The van der Waals surface area contributed by atoms with Gasteiger partial charge in [-0.25, -0.2) is 9.37 Å². The minimum absolute atomic E-state index is 0.0666. The second-order valence-electron chi connectivity index (χ2n) is 4.11. The Morgan fingerprint density at radius 2 is 2.11 bits per heavy atom. The summed E-state index contributed by atoms with van der Waals surface area (Å²) >= 11 is 5.77. The van der Waals surface area contributed by atoms with Crippen molar-refractivity contribution in [2.24, 2.45) is 5.84 Å². The van der Waals surface area contributed by atoms with Crippen LogP contribution < -0.4 is 17.0 Å². The lowest BCUT2D eigenvalue weighted by Gasteiger charge is -2.18. The molecular formula is C13H14ClFN4. The molecule has 0 saturated heterocycles. The molecule has 0 bridgehead atoms. The summed E-state index contributed by atoms with van der Waals surface area (Å²) < 4.78 is 14.0. The van der Waals surface area contributed by atoms with E-state index in [4.69, 9.17) is 23.2 Å². The zero-order valence-electron chi connectivity index (χ0n) is 10.1. The summed E-state index contributed by atoms with van der Waals surface area (Å²) in [5.41, 5.74) is 9.55. The molecule has 1 aromatic carbocycles. The first-order valence-electron chi connectivity index (χ1n) is 5.73. The molecule has 2 rings (SSSR count). The van der Waals surface area contributed by atoms with Crippen molar-refractivity contribution in [3.05, 3.63) is 58.5 Å². The van der Waals surface area contributed by atoms with E-state index in [0.29, 0.717) is 17.8 Å².